The number of hydrogen-bond acceptors (Lipinski definition) is 5. The number of benzene rings is 2. The molecule has 37 heavy (non-hydrogen) atoms. The van der Waals surface area contributed by atoms with Gasteiger partial charge in [0.2, 0.25) is 5.91 Å². The van der Waals surface area contributed by atoms with E-state index in [1.54, 1.807) is 18.5 Å². The number of fused-ring (bicyclic) bond motifs is 1. The molecule has 4 aromatic rings. The zero-order chi connectivity index (χ0) is 25.9. The maximum Gasteiger partial charge on any atom is 0.254 e. The molecule has 1 saturated carbocycles. The molecule has 2 N–H and O–H groups in total. The standard InChI is InChI=1S/C29H31N5O3/c1-18-7-4-5-10-22(18)26(19-11-13-30-14-12-19)33-29(36)23-15-21(31-25(35)17-37-3)16-24-27(23)34(2)28(32-24)20-8-6-9-20/h4-5,7,10-16,20,26H,6,8-9,17H2,1-3H3,(H,31,35)(H,33,36). The molecule has 0 saturated heterocycles. The number of ether oxygens (including phenoxy) is 1. The Morgan fingerprint density at radius 3 is 2.57 bits per heavy atom. The summed E-state index contributed by atoms with van der Waals surface area (Å²) in [5, 5.41) is 6.09. The number of rotatable bonds is 8. The summed E-state index contributed by atoms with van der Waals surface area (Å²) in [6, 6.07) is 15.0. The second-order valence-electron chi connectivity index (χ2n) is 9.57. The summed E-state index contributed by atoms with van der Waals surface area (Å²) in [5.74, 6) is 0.815. The summed E-state index contributed by atoms with van der Waals surface area (Å²) in [6.07, 6.45) is 6.82. The zero-order valence-electron chi connectivity index (χ0n) is 21.3. The lowest BCUT2D eigenvalue weighted by Gasteiger charge is -2.25. The summed E-state index contributed by atoms with van der Waals surface area (Å²) in [6.45, 7) is 1.96. The van der Waals surface area contributed by atoms with E-state index in [-0.39, 0.29) is 24.5 Å². The van der Waals surface area contributed by atoms with Crippen molar-refractivity contribution < 1.29 is 14.3 Å². The first-order valence-electron chi connectivity index (χ1n) is 12.5. The maximum atomic E-state index is 14.0. The van der Waals surface area contributed by atoms with E-state index in [9.17, 15) is 9.59 Å². The fraction of sp³-hybridized carbons (Fsp3) is 0.310. The Morgan fingerprint density at radius 2 is 1.89 bits per heavy atom. The molecule has 0 spiro atoms. The fourth-order valence-corrected chi connectivity index (χ4v) is 4.99. The number of imidazole rings is 1. The minimum atomic E-state index is -0.377. The van der Waals surface area contributed by atoms with Gasteiger partial charge in [0.15, 0.2) is 0 Å². The van der Waals surface area contributed by atoms with Gasteiger partial charge in [-0.3, -0.25) is 14.6 Å². The molecule has 1 atom stereocenters. The normalized spacial score (nSPS) is 14.2. The first kappa shape index (κ1) is 24.6. The van der Waals surface area contributed by atoms with Crippen molar-refractivity contribution in [3.63, 3.8) is 0 Å². The number of amides is 2. The van der Waals surface area contributed by atoms with Crippen molar-refractivity contribution in [1.82, 2.24) is 19.9 Å². The van der Waals surface area contributed by atoms with Crippen LogP contribution in [0.2, 0.25) is 0 Å². The topological polar surface area (TPSA) is 98.1 Å². The predicted octanol–water partition coefficient (Wildman–Crippen LogP) is 4.65. The highest BCUT2D eigenvalue weighted by atomic mass is 16.5. The average molecular weight is 498 g/mol. The maximum absolute atomic E-state index is 14.0. The number of carbonyl (C=O) groups excluding carboxylic acids is 2. The van der Waals surface area contributed by atoms with E-state index in [1.807, 2.05) is 61.0 Å². The van der Waals surface area contributed by atoms with Gasteiger partial charge in [0.25, 0.3) is 5.91 Å². The van der Waals surface area contributed by atoms with Gasteiger partial charge < -0.3 is 19.9 Å². The van der Waals surface area contributed by atoms with Gasteiger partial charge in [-0.1, -0.05) is 30.7 Å². The van der Waals surface area contributed by atoms with Crippen LogP contribution in [0.4, 0.5) is 5.69 Å². The molecule has 1 fully saturated rings. The number of methoxy groups -OCH3 is 1. The van der Waals surface area contributed by atoms with Crippen LogP contribution in [-0.2, 0) is 16.6 Å². The number of carbonyl (C=O) groups is 2. The second-order valence-corrected chi connectivity index (χ2v) is 9.57. The molecule has 2 aromatic heterocycles. The van der Waals surface area contributed by atoms with E-state index >= 15 is 0 Å². The van der Waals surface area contributed by atoms with Crippen molar-refractivity contribution in [3.05, 3.63) is 89.0 Å². The van der Waals surface area contributed by atoms with Gasteiger partial charge in [0.05, 0.1) is 22.6 Å². The number of aryl methyl sites for hydroxylation is 2. The molecule has 2 heterocycles. The molecule has 2 amide bonds. The molecule has 190 valence electrons. The molecule has 0 radical (unpaired) electrons. The molecule has 1 aliphatic rings. The van der Waals surface area contributed by atoms with Crippen LogP contribution in [0.1, 0.15) is 64.1 Å². The summed E-state index contributed by atoms with van der Waals surface area (Å²) in [7, 11) is 3.43. The van der Waals surface area contributed by atoms with Crippen molar-refractivity contribution >= 4 is 28.5 Å². The molecule has 8 nitrogen and oxygen atoms in total. The van der Waals surface area contributed by atoms with Crippen LogP contribution in [-0.4, -0.2) is 40.1 Å². The highest BCUT2D eigenvalue weighted by Crippen LogP contribution is 2.38. The Hall–Kier alpha value is -4.04. The van der Waals surface area contributed by atoms with Gasteiger partial charge in [-0.05, 0) is 60.7 Å². The third-order valence-electron chi connectivity index (χ3n) is 7.09. The van der Waals surface area contributed by atoms with Crippen LogP contribution in [0.3, 0.4) is 0 Å². The SMILES string of the molecule is COCC(=O)Nc1cc(C(=O)NC(c2ccncc2)c2ccccc2C)c2c(c1)nc(C1CCC1)n2C. The highest BCUT2D eigenvalue weighted by Gasteiger charge is 2.28. The molecular weight excluding hydrogens is 466 g/mol. The van der Waals surface area contributed by atoms with Crippen molar-refractivity contribution in [1.29, 1.82) is 0 Å². The first-order chi connectivity index (χ1) is 18.0. The second kappa shape index (κ2) is 10.5. The fourth-order valence-electron chi connectivity index (χ4n) is 4.99. The third-order valence-corrected chi connectivity index (χ3v) is 7.09. The van der Waals surface area contributed by atoms with Crippen LogP contribution in [0.25, 0.3) is 11.0 Å². The minimum Gasteiger partial charge on any atom is -0.375 e. The van der Waals surface area contributed by atoms with Crippen LogP contribution in [0.5, 0.6) is 0 Å². The van der Waals surface area contributed by atoms with E-state index < -0.39 is 0 Å². The van der Waals surface area contributed by atoms with Gasteiger partial charge in [-0.25, -0.2) is 4.98 Å². The van der Waals surface area contributed by atoms with Crippen LogP contribution >= 0.6 is 0 Å². The Morgan fingerprint density at radius 1 is 1.14 bits per heavy atom. The van der Waals surface area contributed by atoms with Gasteiger partial charge in [0, 0.05) is 38.2 Å². The molecule has 1 aliphatic carbocycles. The number of nitrogens with zero attached hydrogens (tertiary/aromatic N) is 3. The van der Waals surface area contributed by atoms with Crippen molar-refractivity contribution in [2.24, 2.45) is 7.05 Å². The largest absolute Gasteiger partial charge is 0.375 e. The first-order valence-corrected chi connectivity index (χ1v) is 12.5. The summed E-state index contributed by atoms with van der Waals surface area (Å²) in [5.41, 5.74) is 5.40. The molecule has 0 aliphatic heterocycles. The predicted molar refractivity (Wildman–Crippen MR) is 143 cm³/mol. The lowest BCUT2D eigenvalue weighted by Crippen LogP contribution is -2.30. The van der Waals surface area contributed by atoms with E-state index in [0.717, 1.165) is 40.9 Å². The van der Waals surface area contributed by atoms with E-state index in [4.69, 9.17) is 9.72 Å². The monoisotopic (exact) mass is 497 g/mol. The number of nitrogens with one attached hydrogen (secondary N) is 2. The summed E-state index contributed by atoms with van der Waals surface area (Å²) in [4.78, 5) is 35.3. The third kappa shape index (κ3) is 4.97. The Balaban J connectivity index is 1.59. The number of aromatic nitrogens is 3. The van der Waals surface area contributed by atoms with E-state index in [2.05, 4.69) is 15.6 Å². The van der Waals surface area contributed by atoms with Crippen molar-refractivity contribution in [2.45, 2.75) is 38.1 Å². The quantitative estimate of drug-likeness (QED) is 0.369. The number of anilines is 1. The van der Waals surface area contributed by atoms with Crippen LogP contribution in [0.15, 0.2) is 60.9 Å². The molecule has 1 unspecified atom stereocenters. The van der Waals surface area contributed by atoms with Crippen LogP contribution in [0, 0.1) is 6.92 Å². The Kier molecular flexibility index (Phi) is 7.01. The van der Waals surface area contributed by atoms with Crippen LogP contribution < -0.4 is 10.6 Å². The smallest absolute Gasteiger partial charge is 0.254 e. The number of pyridine rings is 1. The average Bonchev–Trinajstić information content (AvgIpc) is 3.17. The van der Waals surface area contributed by atoms with Gasteiger partial charge in [-0.2, -0.15) is 0 Å². The van der Waals surface area contributed by atoms with Crippen molar-refractivity contribution in [3.8, 4) is 0 Å². The van der Waals surface area contributed by atoms with E-state index in [1.165, 1.54) is 13.5 Å². The van der Waals surface area contributed by atoms with Gasteiger partial charge in [-0.15, -0.1) is 0 Å². The summed E-state index contributed by atoms with van der Waals surface area (Å²) < 4.78 is 7.00. The molecule has 5 rings (SSSR count). The lowest BCUT2D eigenvalue weighted by molar-refractivity contribution is -0.119. The lowest BCUT2D eigenvalue weighted by atomic mass is 9.85. The summed E-state index contributed by atoms with van der Waals surface area (Å²) >= 11 is 0. The Labute approximate surface area is 216 Å². The zero-order valence-corrected chi connectivity index (χ0v) is 21.3. The molecule has 0 bridgehead atoms. The molecular formula is C29H31N5O3. The Bertz CT molecular complexity index is 1440. The van der Waals surface area contributed by atoms with Gasteiger partial charge in [0.1, 0.15) is 12.4 Å². The number of hydrogen-bond donors (Lipinski definition) is 2. The highest BCUT2D eigenvalue weighted by molar-refractivity contribution is 6.08. The van der Waals surface area contributed by atoms with E-state index in [0.29, 0.717) is 22.7 Å². The minimum absolute atomic E-state index is 0.0769. The van der Waals surface area contributed by atoms with Crippen molar-refractivity contribution in [2.75, 3.05) is 19.0 Å². The molecule has 8 heteroatoms. The molecule has 2 aromatic carbocycles. The van der Waals surface area contributed by atoms with Gasteiger partial charge >= 0.3 is 0 Å².